The molecule has 0 heterocycles. The number of hydrogen-bond donors (Lipinski definition) is 0. The molecule has 1 aromatic rings. The minimum atomic E-state index is 0.576. The quantitative estimate of drug-likeness (QED) is 0.665. The highest BCUT2D eigenvalue weighted by molar-refractivity contribution is 5.44. The van der Waals surface area contributed by atoms with Crippen LogP contribution in [-0.4, -0.2) is 7.11 Å². The maximum Gasteiger partial charge on any atom is 0.127 e. The zero-order valence-electron chi connectivity index (χ0n) is 13.2. The predicted octanol–water partition coefficient (Wildman–Crippen LogP) is 4.91. The molecule has 3 aliphatic carbocycles. The molecule has 4 rings (SSSR count). The first-order valence-corrected chi connectivity index (χ1v) is 8.38. The van der Waals surface area contributed by atoms with Crippen LogP contribution in [0.3, 0.4) is 0 Å². The van der Waals surface area contributed by atoms with E-state index in [-0.39, 0.29) is 0 Å². The van der Waals surface area contributed by atoms with Gasteiger partial charge in [-0.05, 0) is 78.5 Å². The molecule has 111 valence electrons. The van der Waals surface area contributed by atoms with Crippen molar-refractivity contribution in [3.8, 4) is 5.75 Å². The van der Waals surface area contributed by atoms with Gasteiger partial charge in [0.15, 0.2) is 0 Å². The molecule has 1 heteroatoms. The van der Waals surface area contributed by atoms with Crippen molar-refractivity contribution in [3.63, 3.8) is 0 Å². The van der Waals surface area contributed by atoms with Crippen molar-refractivity contribution in [2.45, 2.75) is 51.4 Å². The molecule has 0 N–H and O–H groups in total. The summed E-state index contributed by atoms with van der Waals surface area (Å²) < 4.78 is 5.42. The van der Waals surface area contributed by atoms with Crippen LogP contribution in [-0.2, 0) is 6.42 Å². The van der Waals surface area contributed by atoms with Crippen LogP contribution in [0.25, 0.3) is 0 Å². The van der Waals surface area contributed by atoms with Gasteiger partial charge >= 0.3 is 0 Å². The summed E-state index contributed by atoms with van der Waals surface area (Å²) in [6.07, 6.45) is 7.98. The van der Waals surface area contributed by atoms with Crippen LogP contribution in [0.1, 0.15) is 56.1 Å². The molecule has 0 amide bonds. The van der Waals surface area contributed by atoms with Crippen LogP contribution in [0.4, 0.5) is 0 Å². The van der Waals surface area contributed by atoms with Gasteiger partial charge in [0, 0.05) is 6.07 Å². The molecule has 0 aliphatic heterocycles. The van der Waals surface area contributed by atoms with E-state index in [1.807, 2.05) is 0 Å². The van der Waals surface area contributed by atoms with Crippen molar-refractivity contribution in [1.29, 1.82) is 0 Å². The van der Waals surface area contributed by atoms with Crippen LogP contribution in [0, 0.1) is 23.3 Å². The highest BCUT2D eigenvalue weighted by Crippen LogP contribution is 2.61. The summed E-state index contributed by atoms with van der Waals surface area (Å²) in [5.41, 5.74) is 5.01. The third-order valence-electron chi connectivity index (χ3n) is 6.61. The monoisotopic (exact) mass is 281 g/mol. The Morgan fingerprint density at radius 3 is 3.00 bits per heavy atom. The van der Waals surface area contributed by atoms with Crippen molar-refractivity contribution in [2.75, 3.05) is 7.11 Å². The van der Waals surface area contributed by atoms with Gasteiger partial charge in [0.2, 0.25) is 0 Å². The normalized spacial score (nSPS) is 37.6. The summed E-state index contributed by atoms with van der Waals surface area (Å²) >= 11 is 0. The van der Waals surface area contributed by atoms with E-state index in [1.54, 1.807) is 7.11 Å². The van der Waals surface area contributed by atoms with Crippen molar-refractivity contribution >= 4 is 0 Å². The molecule has 4 atom stereocenters. The van der Waals surface area contributed by atoms with Crippen molar-refractivity contribution in [2.24, 2.45) is 17.3 Å². The fourth-order valence-electron chi connectivity index (χ4n) is 5.54. The van der Waals surface area contributed by atoms with E-state index in [0.29, 0.717) is 17.3 Å². The summed E-state index contributed by atoms with van der Waals surface area (Å²) in [5.74, 6) is 3.11. The summed E-state index contributed by atoms with van der Waals surface area (Å²) in [7, 11) is 1.74. The van der Waals surface area contributed by atoms with Gasteiger partial charge in [-0.15, -0.1) is 0 Å². The van der Waals surface area contributed by atoms with Gasteiger partial charge in [-0.3, -0.25) is 0 Å². The van der Waals surface area contributed by atoms with Gasteiger partial charge in [-0.2, -0.15) is 0 Å². The Bertz CT molecular complexity index is 588. The lowest BCUT2D eigenvalue weighted by Gasteiger charge is -2.50. The van der Waals surface area contributed by atoms with Crippen LogP contribution in [0.5, 0.6) is 5.75 Å². The maximum atomic E-state index is 5.42. The van der Waals surface area contributed by atoms with E-state index >= 15 is 0 Å². The highest BCUT2D eigenvalue weighted by atomic mass is 16.5. The van der Waals surface area contributed by atoms with Crippen molar-refractivity contribution < 1.29 is 4.74 Å². The fourth-order valence-corrected chi connectivity index (χ4v) is 5.54. The zero-order chi connectivity index (χ0) is 14.6. The molecular formula is C20H25O. The van der Waals surface area contributed by atoms with E-state index < -0.39 is 0 Å². The number of rotatable bonds is 1. The second-order valence-electron chi connectivity index (χ2n) is 7.64. The number of allylic oxidation sites excluding steroid dienone is 1. The minimum absolute atomic E-state index is 0.576. The Balaban J connectivity index is 1.78. The van der Waals surface area contributed by atoms with Crippen molar-refractivity contribution in [1.82, 2.24) is 0 Å². The second-order valence-corrected chi connectivity index (χ2v) is 7.64. The van der Waals surface area contributed by atoms with Crippen molar-refractivity contribution in [3.05, 3.63) is 41.5 Å². The highest BCUT2D eigenvalue weighted by Gasteiger charge is 2.51. The summed E-state index contributed by atoms with van der Waals surface area (Å²) in [4.78, 5) is 0. The lowest BCUT2D eigenvalue weighted by molar-refractivity contribution is 0.0848. The molecule has 1 radical (unpaired) electrons. The number of benzene rings is 1. The molecule has 0 saturated heterocycles. The number of methoxy groups -OCH3 is 1. The molecule has 2 fully saturated rings. The number of fused-ring (bicyclic) bond motifs is 5. The van der Waals surface area contributed by atoms with E-state index in [2.05, 4.69) is 31.7 Å². The van der Waals surface area contributed by atoms with E-state index in [1.165, 1.54) is 48.8 Å². The molecule has 0 aromatic heterocycles. The first-order chi connectivity index (χ1) is 10.1. The first-order valence-electron chi connectivity index (χ1n) is 8.38. The smallest absolute Gasteiger partial charge is 0.127 e. The average Bonchev–Trinajstić information content (AvgIpc) is 2.88. The molecule has 21 heavy (non-hydrogen) atoms. The Morgan fingerprint density at radius 1 is 1.33 bits per heavy atom. The van der Waals surface area contributed by atoms with Gasteiger partial charge in [-0.25, -0.2) is 0 Å². The molecule has 0 bridgehead atoms. The van der Waals surface area contributed by atoms with Gasteiger partial charge in [0.25, 0.3) is 0 Å². The van der Waals surface area contributed by atoms with Crippen LogP contribution >= 0.6 is 0 Å². The molecule has 1 nitrogen and oxygen atoms in total. The average molecular weight is 281 g/mol. The Kier molecular flexibility index (Phi) is 2.96. The standard InChI is InChI=1S/C20H25O/c1-13-11-14-6-7-15(21-3)12-17(14)16-8-10-20(2)9-4-5-18(20)19(13)16/h6,12,16,18-19H,1,4-5,8-11H2,2-3H3/t16-,18+,19-,20+/m1/s1. The molecule has 3 aliphatic rings. The van der Waals surface area contributed by atoms with Gasteiger partial charge in [0.05, 0.1) is 7.11 Å². The molecule has 0 spiro atoms. The largest absolute Gasteiger partial charge is 0.496 e. The lowest BCUT2D eigenvalue weighted by atomic mass is 9.54. The molecular weight excluding hydrogens is 256 g/mol. The summed E-state index contributed by atoms with van der Waals surface area (Å²) in [6, 6.07) is 7.64. The molecule has 1 aromatic carbocycles. The van der Waals surface area contributed by atoms with Gasteiger partial charge < -0.3 is 4.74 Å². The van der Waals surface area contributed by atoms with Crippen LogP contribution < -0.4 is 4.74 Å². The zero-order valence-corrected chi connectivity index (χ0v) is 13.2. The SMILES string of the molecule is C=C1Cc2c[c]c(OC)cc2[C@H]2CC[C@]3(C)CCC[C@H]3[C@H]12. The van der Waals surface area contributed by atoms with E-state index in [0.717, 1.165) is 18.1 Å². The van der Waals surface area contributed by atoms with Gasteiger partial charge in [0.1, 0.15) is 5.75 Å². The first kappa shape index (κ1) is 13.4. The maximum absolute atomic E-state index is 5.42. The summed E-state index contributed by atoms with van der Waals surface area (Å²) in [6.45, 7) is 7.02. The Labute approximate surface area is 128 Å². The van der Waals surface area contributed by atoms with E-state index in [9.17, 15) is 0 Å². The van der Waals surface area contributed by atoms with E-state index in [4.69, 9.17) is 4.74 Å². The fraction of sp³-hybridized carbons (Fsp3) is 0.600. The Morgan fingerprint density at radius 2 is 2.19 bits per heavy atom. The third-order valence-corrected chi connectivity index (χ3v) is 6.61. The summed E-state index contributed by atoms with van der Waals surface area (Å²) in [5, 5.41) is 0. The van der Waals surface area contributed by atoms with Crippen LogP contribution in [0.2, 0.25) is 0 Å². The second kappa shape index (κ2) is 4.63. The molecule has 0 unspecified atom stereocenters. The lowest BCUT2D eigenvalue weighted by Crippen LogP contribution is -2.40. The van der Waals surface area contributed by atoms with Crippen LogP contribution in [0.15, 0.2) is 24.3 Å². The number of ether oxygens (including phenoxy) is 1. The Hall–Kier alpha value is -1.24. The third kappa shape index (κ3) is 1.89. The van der Waals surface area contributed by atoms with Gasteiger partial charge in [-0.1, -0.05) is 25.5 Å². The topological polar surface area (TPSA) is 9.23 Å². The molecule has 2 saturated carbocycles. The predicted molar refractivity (Wildman–Crippen MR) is 85.6 cm³/mol. The number of hydrogen-bond acceptors (Lipinski definition) is 1. The minimum Gasteiger partial charge on any atom is -0.496 e.